The molecule has 1 aromatic carbocycles. The summed E-state index contributed by atoms with van der Waals surface area (Å²) in [5.41, 5.74) is 0.119. The Morgan fingerprint density at radius 1 is 1.31 bits per heavy atom. The predicted molar refractivity (Wildman–Crippen MR) is 69.9 cm³/mol. The molecule has 2 rings (SSSR count). The average molecular weight is 234 g/mol. The molecule has 86 valence electrons. The molecule has 2 atom stereocenters. The summed E-state index contributed by atoms with van der Waals surface area (Å²) in [5.74, 6) is 1.04. The second-order valence-corrected chi connectivity index (χ2v) is 5.47. The van der Waals surface area contributed by atoms with E-state index in [9.17, 15) is 0 Å². The van der Waals surface area contributed by atoms with E-state index in [1.54, 1.807) is 0 Å². The van der Waals surface area contributed by atoms with E-state index in [2.05, 4.69) is 50.3 Å². The van der Waals surface area contributed by atoms with Crippen LogP contribution in [-0.4, -0.2) is 17.5 Å². The zero-order valence-corrected chi connectivity index (χ0v) is 10.7. The lowest BCUT2D eigenvalue weighted by molar-refractivity contribution is 0.313. The summed E-state index contributed by atoms with van der Waals surface area (Å²) in [6.07, 6.45) is 5.93. The molecule has 0 N–H and O–H groups in total. The van der Waals surface area contributed by atoms with Crippen molar-refractivity contribution in [1.82, 2.24) is 0 Å². The highest BCUT2D eigenvalue weighted by atomic mass is 32.2. The maximum atomic E-state index is 5.51. The van der Waals surface area contributed by atoms with Gasteiger partial charge in [-0.2, -0.15) is 0 Å². The Morgan fingerprint density at radius 2 is 2.00 bits per heavy atom. The van der Waals surface area contributed by atoms with Crippen molar-refractivity contribution in [2.45, 2.75) is 36.9 Å². The van der Waals surface area contributed by atoms with Gasteiger partial charge < -0.3 is 4.74 Å². The van der Waals surface area contributed by atoms with Gasteiger partial charge in [0.15, 0.2) is 0 Å². The zero-order valence-electron chi connectivity index (χ0n) is 9.85. The van der Waals surface area contributed by atoms with Crippen LogP contribution in [0.5, 0.6) is 0 Å². The van der Waals surface area contributed by atoms with Gasteiger partial charge in [-0.3, -0.25) is 0 Å². The third-order valence-corrected chi connectivity index (χ3v) is 3.99. The number of hydrogen-bond acceptors (Lipinski definition) is 2. The Kier molecular flexibility index (Phi) is 3.72. The average Bonchev–Trinajstić information content (AvgIpc) is 2.88. The van der Waals surface area contributed by atoms with E-state index in [1.807, 2.05) is 17.8 Å². The molecular weight excluding hydrogens is 216 g/mol. The van der Waals surface area contributed by atoms with Gasteiger partial charge in [0.25, 0.3) is 0 Å². The standard InChI is InChI=1S/C14H18OS/c1-12-14(2,15-12)10-6-7-11-16-13-8-4-3-5-9-13/h3-9,12H,10-11H2,1-2H3/b7-6+/t12-,14-/m0/s1. The normalized spacial score (nSPS) is 28.5. The summed E-state index contributed by atoms with van der Waals surface area (Å²) >= 11 is 1.86. The van der Waals surface area contributed by atoms with Crippen molar-refractivity contribution >= 4 is 11.8 Å². The van der Waals surface area contributed by atoms with Gasteiger partial charge in [0.2, 0.25) is 0 Å². The third-order valence-electron chi connectivity index (χ3n) is 3.03. The van der Waals surface area contributed by atoms with E-state index in [-0.39, 0.29) is 5.60 Å². The molecule has 1 fully saturated rings. The molecule has 0 aromatic heterocycles. The van der Waals surface area contributed by atoms with E-state index in [0.29, 0.717) is 6.10 Å². The van der Waals surface area contributed by atoms with Crippen LogP contribution >= 0.6 is 11.8 Å². The highest BCUT2D eigenvalue weighted by Crippen LogP contribution is 2.38. The Labute approximate surface area is 102 Å². The second kappa shape index (κ2) is 5.07. The molecule has 16 heavy (non-hydrogen) atoms. The fraction of sp³-hybridized carbons (Fsp3) is 0.429. The summed E-state index contributed by atoms with van der Waals surface area (Å²) in [6, 6.07) is 10.5. The number of benzene rings is 1. The lowest BCUT2D eigenvalue weighted by Gasteiger charge is -1.99. The Bertz CT molecular complexity index is 360. The van der Waals surface area contributed by atoms with Gasteiger partial charge >= 0.3 is 0 Å². The van der Waals surface area contributed by atoms with Crippen LogP contribution in [0.2, 0.25) is 0 Å². The molecule has 0 aliphatic carbocycles. The largest absolute Gasteiger partial charge is 0.366 e. The smallest absolute Gasteiger partial charge is 0.0951 e. The Hall–Kier alpha value is -0.730. The Balaban J connectivity index is 1.67. The fourth-order valence-corrected chi connectivity index (χ4v) is 2.40. The summed E-state index contributed by atoms with van der Waals surface area (Å²) in [7, 11) is 0. The molecule has 1 aromatic rings. The van der Waals surface area contributed by atoms with E-state index in [1.165, 1.54) is 4.90 Å². The van der Waals surface area contributed by atoms with E-state index < -0.39 is 0 Å². The third kappa shape index (κ3) is 3.13. The molecule has 0 spiro atoms. The number of ether oxygens (including phenoxy) is 1. The van der Waals surface area contributed by atoms with Crippen LogP contribution in [0.1, 0.15) is 20.3 Å². The van der Waals surface area contributed by atoms with E-state index in [4.69, 9.17) is 4.74 Å². The summed E-state index contributed by atoms with van der Waals surface area (Å²) < 4.78 is 5.51. The second-order valence-electron chi connectivity index (χ2n) is 4.37. The van der Waals surface area contributed by atoms with Crippen LogP contribution in [-0.2, 0) is 4.74 Å². The highest BCUT2D eigenvalue weighted by Gasteiger charge is 2.47. The lowest BCUT2D eigenvalue weighted by atomic mass is 10.1. The molecule has 1 aliphatic rings. The van der Waals surface area contributed by atoms with Crippen molar-refractivity contribution in [3.8, 4) is 0 Å². The van der Waals surface area contributed by atoms with Gasteiger partial charge in [-0.05, 0) is 32.4 Å². The maximum Gasteiger partial charge on any atom is 0.0951 e. The molecule has 0 unspecified atom stereocenters. The number of hydrogen-bond donors (Lipinski definition) is 0. The van der Waals surface area contributed by atoms with Crippen molar-refractivity contribution in [2.75, 3.05) is 5.75 Å². The van der Waals surface area contributed by atoms with E-state index in [0.717, 1.165) is 12.2 Å². The summed E-state index contributed by atoms with van der Waals surface area (Å²) in [4.78, 5) is 1.33. The molecule has 0 bridgehead atoms. The molecular formula is C14H18OS. The first-order valence-corrected chi connectivity index (χ1v) is 6.70. The monoisotopic (exact) mass is 234 g/mol. The first-order chi connectivity index (χ1) is 7.71. The summed E-state index contributed by atoms with van der Waals surface area (Å²) in [6.45, 7) is 4.30. The van der Waals surface area contributed by atoms with Gasteiger partial charge in [0.1, 0.15) is 0 Å². The SMILES string of the molecule is C[C@@H]1O[C@@]1(C)C/C=C/CSc1ccccc1. The van der Waals surface area contributed by atoms with Gasteiger partial charge in [0.05, 0.1) is 11.7 Å². The van der Waals surface area contributed by atoms with E-state index >= 15 is 0 Å². The molecule has 1 nitrogen and oxygen atoms in total. The molecule has 2 heteroatoms. The molecule has 1 saturated heterocycles. The number of rotatable bonds is 5. The number of epoxide rings is 1. The fourth-order valence-electron chi connectivity index (χ4n) is 1.63. The van der Waals surface area contributed by atoms with Crippen LogP contribution in [0, 0.1) is 0 Å². The zero-order chi connectivity index (χ0) is 11.4. The molecule has 0 saturated carbocycles. The van der Waals surface area contributed by atoms with Crippen molar-refractivity contribution in [3.05, 3.63) is 42.5 Å². The van der Waals surface area contributed by atoms with Gasteiger partial charge in [-0.25, -0.2) is 0 Å². The van der Waals surface area contributed by atoms with Crippen LogP contribution in [0.3, 0.4) is 0 Å². The quantitative estimate of drug-likeness (QED) is 0.435. The first kappa shape index (κ1) is 11.7. The minimum Gasteiger partial charge on any atom is -0.366 e. The lowest BCUT2D eigenvalue weighted by Crippen LogP contribution is -2.05. The maximum absolute atomic E-state index is 5.51. The molecule has 0 amide bonds. The van der Waals surface area contributed by atoms with Crippen LogP contribution in [0.25, 0.3) is 0 Å². The van der Waals surface area contributed by atoms with Crippen LogP contribution < -0.4 is 0 Å². The Morgan fingerprint density at radius 3 is 2.62 bits per heavy atom. The van der Waals surface area contributed by atoms with Crippen molar-refractivity contribution in [3.63, 3.8) is 0 Å². The van der Waals surface area contributed by atoms with Crippen molar-refractivity contribution < 1.29 is 4.74 Å². The van der Waals surface area contributed by atoms with Crippen molar-refractivity contribution in [1.29, 1.82) is 0 Å². The minimum absolute atomic E-state index is 0.119. The van der Waals surface area contributed by atoms with Crippen LogP contribution in [0.4, 0.5) is 0 Å². The van der Waals surface area contributed by atoms with Crippen molar-refractivity contribution in [2.24, 2.45) is 0 Å². The first-order valence-electron chi connectivity index (χ1n) is 5.71. The van der Waals surface area contributed by atoms with Gasteiger partial charge in [-0.15, -0.1) is 11.8 Å². The molecule has 1 aliphatic heterocycles. The topological polar surface area (TPSA) is 12.5 Å². The van der Waals surface area contributed by atoms with Crippen LogP contribution in [0.15, 0.2) is 47.4 Å². The van der Waals surface area contributed by atoms with Gasteiger partial charge in [0, 0.05) is 10.6 Å². The minimum atomic E-state index is 0.119. The highest BCUT2D eigenvalue weighted by molar-refractivity contribution is 7.99. The predicted octanol–water partition coefficient (Wildman–Crippen LogP) is 3.90. The van der Waals surface area contributed by atoms with Gasteiger partial charge in [-0.1, -0.05) is 30.4 Å². The number of thioether (sulfide) groups is 1. The molecule has 1 heterocycles. The molecule has 0 radical (unpaired) electrons. The summed E-state index contributed by atoms with van der Waals surface area (Å²) in [5, 5.41) is 0.